The number of aryl methyl sites for hydroxylation is 1. The Hall–Kier alpha value is -1.81. The highest BCUT2D eigenvalue weighted by atomic mass is 19.1. The molecule has 0 aliphatic heterocycles. The molecule has 2 aromatic rings. The van der Waals surface area contributed by atoms with Gasteiger partial charge in [0.2, 0.25) is 0 Å². The van der Waals surface area contributed by atoms with Crippen LogP contribution in [-0.2, 0) is 0 Å². The zero-order valence-electron chi connectivity index (χ0n) is 11.1. The van der Waals surface area contributed by atoms with Crippen LogP contribution in [-0.4, -0.2) is 6.04 Å². The molecule has 0 aliphatic rings. The SMILES string of the molecule is CCC(N)C(Oc1cccc(F)c1)c1ccc(C)o1. The molecular formula is C15H18FNO2. The molecular weight excluding hydrogens is 245 g/mol. The molecule has 1 aromatic heterocycles. The van der Waals surface area contributed by atoms with Crippen molar-refractivity contribution in [3.63, 3.8) is 0 Å². The summed E-state index contributed by atoms with van der Waals surface area (Å²) in [5, 5.41) is 0. The lowest BCUT2D eigenvalue weighted by Crippen LogP contribution is -2.31. The lowest BCUT2D eigenvalue weighted by atomic mass is 10.1. The van der Waals surface area contributed by atoms with Gasteiger partial charge in [0, 0.05) is 12.1 Å². The predicted octanol–water partition coefficient (Wildman–Crippen LogP) is 3.58. The molecule has 102 valence electrons. The van der Waals surface area contributed by atoms with Gasteiger partial charge in [0.05, 0.1) is 0 Å². The number of benzene rings is 1. The Kier molecular flexibility index (Phi) is 4.22. The van der Waals surface area contributed by atoms with E-state index in [1.54, 1.807) is 12.1 Å². The molecule has 4 heteroatoms. The maximum absolute atomic E-state index is 13.2. The smallest absolute Gasteiger partial charge is 0.171 e. The van der Waals surface area contributed by atoms with Crippen molar-refractivity contribution in [3.8, 4) is 5.75 Å². The van der Waals surface area contributed by atoms with Crippen LogP contribution in [0, 0.1) is 12.7 Å². The number of nitrogens with two attached hydrogens (primary N) is 1. The largest absolute Gasteiger partial charge is 0.481 e. The van der Waals surface area contributed by atoms with Crippen molar-refractivity contribution in [1.82, 2.24) is 0 Å². The summed E-state index contributed by atoms with van der Waals surface area (Å²) < 4.78 is 24.5. The molecule has 3 nitrogen and oxygen atoms in total. The average molecular weight is 263 g/mol. The Morgan fingerprint density at radius 1 is 1.32 bits per heavy atom. The lowest BCUT2D eigenvalue weighted by molar-refractivity contribution is 0.143. The maximum atomic E-state index is 13.2. The molecule has 1 aromatic carbocycles. The Labute approximate surface area is 112 Å². The third kappa shape index (κ3) is 3.35. The van der Waals surface area contributed by atoms with Gasteiger partial charge in [-0.25, -0.2) is 4.39 Å². The van der Waals surface area contributed by atoms with Gasteiger partial charge in [0.25, 0.3) is 0 Å². The van der Waals surface area contributed by atoms with Crippen LogP contribution in [0.15, 0.2) is 40.8 Å². The Balaban J connectivity index is 2.24. The van der Waals surface area contributed by atoms with Crippen LogP contribution in [0.4, 0.5) is 4.39 Å². The quantitative estimate of drug-likeness (QED) is 0.896. The normalized spacial score (nSPS) is 14.1. The molecule has 2 unspecified atom stereocenters. The van der Waals surface area contributed by atoms with Gasteiger partial charge in [-0.05, 0) is 37.6 Å². The van der Waals surface area contributed by atoms with E-state index in [4.69, 9.17) is 14.9 Å². The molecule has 2 atom stereocenters. The number of ether oxygens (including phenoxy) is 1. The molecule has 0 bridgehead atoms. The summed E-state index contributed by atoms with van der Waals surface area (Å²) in [6.07, 6.45) is 0.320. The minimum atomic E-state index is -0.416. The van der Waals surface area contributed by atoms with Gasteiger partial charge in [-0.15, -0.1) is 0 Å². The van der Waals surface area contributed by atoms with Crippen molar-refractivity contribution in [2.75, 3.05) is 0 Å². The van der Waals surface area contributed by atoms with E-state index in [0.29, 0.717) is 11.5 Å². The van der Waals surface area contributed by atoms with Crippen LogP contribution in [0.2, 0.25) is 0 Å². The molecule has 19 heavy (non-hydrogen) atoms. The zero-order valence-corrected chi connectivity index (χ0v) is 11.1. The van der Waals surface area contributed by atoms with Crippen LogP contribution >= 0.6 is 0 Å². The summed E-state index contributed by atoms with van der Waals surface area (Å²) in [5.74, 6) is 1.57. The predicted molar refractivity (Wildman–Crippen MR) is 71.5 cm³/mol. The van der Waals surface area contributed by atoms with Crippen molar-refractivity contribution >= 4 is 0 Å². The minimum absolute atomic E-state index is 0.214. The van der Waals surface area contributed by atoms with Gasteiger partial charge in [0.1, 0.15) is 23.1 Å². The molecule has 0 saturated heterocycles. The van der Waals surface area contributed by atoms with Crippen molar-refractivity contribution in [2.24, 2.45) is 5.73 Å². The fourth-order valence-corrected chi connectivity index (χ4v) is 1.86. The third-order valence-corrected chi connectivity index (χ3v) is 2.96. The summed E-state index contributed by atoms with van der Waals surface area (Å²) in [6.45, 7) is 3.84. The fourth-order valence-electron chi connectivity index (χ4n) is 1.86. The van der Waals surface area contributed by atoms with Crippen molar-refractivity contribution < 1.29 is 13.5 Å². The molecule has 0 radical (unpaired) electrons. The highest BCUT2D eigenvalue weighted by molar-refractivity contribution is 5.24. The van der Waals surface area contributed by atoms with Crippen LogP contribution < -0.4 is 10.5 Å². The van der Waals surface area contributed by atoms with E-state index in [1.807, 2.05) is 26.0 Å². The van der Waals surface area contributed by atoms with Gasteiger partial charge < -0.3 is 14.9 Å². The second kappa shape index (κ2) is 5.89. The second-order valence-electron chi connectivity index (χ2n) is 4.52. The Morgan fingerprint density at radius 2 is 2.11 bits per heavy atom. The molecule has 2 rings (SSSR count). The molecule has 0 fully saturated rings. The molecule has 0 spiro atoms. The summed E-state index contributed by atoms with van der Waals surface area (Å²) in [7, 11) is 0. The first-order chi connectivity index (χ1) is 9.10. The first kappa shape index (κ1) is 13.6. The topological polar surface area (TPSA) is 48.4 Å². The summed E-state index contributed by atoms with van der Waals surface area (Å²) in [4.78, 5) is 0. The molecule has 2 N–H and O–H groups in total. The van der Waals surface area contributed by atoms with E-state index in [2.05, 4.69) is 0 Å². The van der Waals surface area contributed by atoms with Crippen LogP contribution in [0.25, 0.3) is 0 Å². The first-order valence-corrected chi connectivity index (χ1v) is 6.34. The van der Waals surface area contributed by atoms with E-state index in [1.165, 1.54) is 12.1 Å². The zero-order chi connectivity index (χ0) is 13.8. The maximum Gasteiger partial charge on any atom is 0.171 e. The Morgan fingerprint density at radius 3 is 2.68 bits per heavy atom. The molecule has 0 amide bonds. The highest BCUT2D eigenvalue weighted by Crippen LogP contribution is 2.27. The van der Waals surface area contributed by atoms with Crippen LogP contribution in [0.5, 0.6) is 5.75 Å². The number of hydrogen-bond acceptors (Lipinski definition) is 3. The van der Waals surface area contributed by atoms with Gasteiger partial charge in [0.15, 0.2) is 6.10 Å². The van der Waals surface area contributed by atoms with Crippen LogP contribution in [0.3, 0.4) is 0 Å². The standard InChI is InChI=1S/C15H18FNO2/c1-3-13(17)15(14-8-7-10(2)18-14)19-12-6-4-5-11(16)9-12/h4-9,13,15H,3,17H2,1-2H3. The lowest BCUT2D eigenvalue weighted by Gasteiger charge is -2.22. The van der Waals surface area contributed by atoms with E-state index in [-0.39, 0.29) is 11.9 Å². The summed E-state index contributed by atoms with van der Waals surface area (Å²) in [6, 6.07) is 9.51. The number of hydrogen-bond donors (Lipinski definition) is 1. The van der Waals surface area contributed by atoms with Crippen molar-refractivity contribution in [1.29, 1.82) is 0 Å². The third-order valence-electron chi connectivity index (χ3n) is 2.96. The second-order valence-corrected chi connectivity index (χ2v) is 4.52. The first-order valence-electron chi connectivity index (χ1n) is 6.34. The minimum Gasteiger partial charge on any atom is -0.481 e. The summed E-state index contributed by atoms with van der Waals surface area (Å²) in [5.41, 5.74) is 6.07. The molecule has 1 heterocycles. The van der Waals surface area contributed by atoms with E-state index < -0.39 is 6.10 Å². The van der Waals surface area contributed by atoms with Crippen molar-refractivity contribution in [3.05, 3.63) is 53.7 Å². The van der Waals surface area contributed by atoms with E-state index in [0.717, 1.165) is 12.2 Å². The van der Waals surface area contributed by atoms with E-state index in [9.17, 15) is 4.39 Å². The van der Waals surface area contributed by atoms with Crippen molar-refractivity contribution in [2.45, 2.75) is 32.4 Å². The van der Waals surface area contributed by atoms with Gasteiger partial charge in [-0.1, -0.05) is 13.0 Å². The van der Waals surface area contributed by atoms with E-state index >= 15 is 0 Å². The van der Waals surface area contributed by atoms with Gasteiger partial charge in [-0.3, -0.25) is 0 Å². The molecule has 0 aliphatic carbocycles. The number of furan rings is 1. The highest BCUT2D eigenvalue weighted by Gasteiger charge is 2.23. The van der Waals surface area contributed by atoms with Gasteiger partial charge in [-0.2, -0.15) is 0 Å². The average Bonchev–Trinajstić information content (AvgIpc) is 2.81. The van der Waals surface area contributed by atoms with Crippen LogP contribution in [0.1, 0.15) is 31.0 Å². The fraction of sp³-hybridized carbons (Fsp3) is 0.333. The van der Waals surface area contributed by atoms with Gasteiger partial charge >= 0.3 is 0 Å². The molecule has 0 saturated carbocycles. The number of halogens is 1. The number of rotatable bonds is 5. The summed E-state index contributed by atoms with van der Waals surface area (Å²) >= 11 is 0. The monoisotopic (exact) mass is 263 g/mol. The Bertz CT molecular complexity index is 538.